The van der Waals surface area contributed by atoms with Crippen LogP contribution in [0, 0.1) is 17.8 Å². The van der Waals surface area contributed by atoms with Gasteiger partial charge in [-0.15, -0.1) is 0 Å². The Balaban J connectivity index is 1.76. The van der Waals surface area contributed by atoms with E-state index in [0.29, 0.717) is 22.0 Å². The normalized spacial score (nSPS) is 22.6. The van der Waals surface area contributed by atoms with Gasteiger partial charge in [0.05, 0.1) is 39.0 Å². The van der Waals surface area contributed by atoms with E-state index in [4.69, 9.17) is 34.8 Å². The van der Waals surface area contributed by atoms with Gasteiger partial charge in [0.2, 0.25) is 0 Å². The van der Waals surface area contributed by atoms with Gasteiger partial charge in [-0.05, 0) is 42.2 Å². The molecule has 0 radical (unpaired) electrons. The molecule has 1 fully saturated rings. The van der Waals surface area contributed by atoms with E-state index >= 15 is 0 Å². The van der Waals surface area contributed by atoms with Gasteiger partial charge in [-0.1, -0.05) is 72.1 Å². The molecule has 0 aromatic heterocycles. The number of imide groups is 1. The molecule has 0 saturated carbocycles. The highest BCUT2D eigenvalue weighted by molar-refractivity contribution is 6.42. The van der Waals surface area contributed by atoms with E-state index in [9.17, 15) is 14.4 Å². The van der Waals surface area contributed by atoms with Crippen molar-refractivity contribution in [2.75, 3.05) is 0 Å². The van der Waals surface area contributed by atoms with Crippen LogP contribution in [0.3, 0.4) is 0 Å². The minimum atomic E-state index is -0.544. The van der Waals surface area contributed by atoms with Crippen molar-refractivity contribution in [2.45, 2.75) is 19.9 Å². The summed E-state index contributed by atoms with van der Waals surface area (Å²) >= 11 is 18.4. The lowest BCUT2D eigenvalue weighted by Gasteiger charge is -2.31. The first-order chi connectivity index (χ1) is 14.8. The fourth-order valence-electron chi connectivity index (χ4n) is 4.19. The number of hydrazine groups is 1. The van der Waals surface area contributed by atoms with E-state index in [1.807, 2.05) is 19.1 Å². The molecule has 0 N–H and O–H groups in total. The SMILES string of the molecule is C[C@@H]1C=CC[C@H]2C(=O)N(N(Cc3ccc(Cl)c(Cl)c3)C(=O)c3ccccc3Cl)C(=O)[C@H]12. The Kier molecular flexibility index (Phi) is 6.11. The summed E-state index contributed by atoms with van der Waals surface area (Å²) in [5.41, 5.74) is 0.822. The van der Waals surface area contributed by atoms with Crippen molar-refractivity contribution in [2.24, 2.45) is 17.8 Å². The number of nitrogens with zero attached hydrogens (tertiary/aromatic N) is 2. The molecule has 0 unspecified atom stereocenters. The first-order valence-electron chi connectivity index (χ1n) is 9.84. The van der Waals surface area contributed by atoms with E-state index in [1.165, 1.54) is 0 Å². The molecule has 1 aliphatic carbocycles. The maximum absolute atomic E-state index is 13.5. The topological polar surface area (TPSA) is 57.7 Å². The Morgan fingerprint density at radius 3 is 2.45 bits per heavy atom. The molecule has 0 bridgehead atoms. The van der Waals surface area contributed by atoms with Crippen molar-refractivity contribution in [1.82, 2.24) is 10.0 Å². The second-order valence-electron chi connectivity index (χ2n) is 7.73. The van der Waals surface area contributed by atoms with E-state index in [-0.39, 0.29) is 34.9 Å². The first kappa shape index (κ1) is 21.9. The molecule has 3 amide bonds. The van der Waals surface area contributed by atoms with E-state index in [0.717, 1.165) is 10.0 Å². The van der Waals surface area contributed by atoms with Crippen molar-refractivity contribution in [1.29, 1.82) is 0 Å². The molecule has 1 heterocycles. The third-order valence-electron chi connectivity index (χ3n) is 5.75. The highest BCUT2D eigenvalue weighted by atomic mass is 35.5. The summed E-state index contributed by atoms with van der Waals surface area (Å²) in [6, 6.07) is 11.5. The molecule has 0 spiro atoms. The first-order valence-corrected chi connectivity index (χ1v) is 11.0. The number of carbonyl (C=O) groups excluding carboxylic acids is 3. The lowest BCUT2D eigenvalue weighted by Crippen LogP contribution is -2.50. The second-order valence-corrected chi connectivity index (χ2v) is 8.96. The molecule has 8 heteroatoms. The summed E-state index contributed by atoms with van der Waals surface area (Å²) < 4.78 is 0. The smallest absolute Gasteiger partial charge is 0.272 e. The summed E-state index contributed by atoms with van der Waals surface area (Å²) in [7, 11) is 0. The van der Waals surface area contributed by atoms with Crippen LogP contribution in [0.25, 0.3) is 0 Å². The fourth-order valence-corrected chi connectivity index (χ4v) is 4.72. The second kappa shape index (κ2) is 8.65. The molecule has 4 rings (SSSR count). The van der Waals surface area contributed by atoms with Gasteiger partial charge in [0, 0.05) is 0 Å². The monoisotopic (exact) mass is 476 g/mol. The molecule has 31 heavy (non-hydrogen) atoms. The number of carbonyl (C=O) groups is 3. The van der Waals surface area contributed by atoms with Gasteiger partial charge in [-0.3, -0.25) is 14.4 Å². The van der Waals surface area contributed by atoms with Crippen molar-refractivity contribution >= 4 is 52.5 Å². The summed E-state index contributed by atoms with van der Waals surface area (Å²) in [6.07, 6.45) is 4.33. The molecule has 3 atom stereocenters. The molecular weight excluding hydrogens is 459 g/mol. The van der Waals surface area contributed by atoms with E-state index in [2.05, 4.69) is 0 Å². The summed E-state index contributed by atoms with van der Waals surface area (Å²) in [5, 5.41) is 3.07. The number of hydrogen-bond donors (Lipinski definition) is 0. The van der Waals surface area contributed by atoms with Gasteiger partial charge >= 0.3 is 0 Å². The number of halogens is 3. The van der Waals surface area contributed by atoms with Crippen molar-refractivity contribution in [3.05, 3.63) is 80.8 Å². The fraction of sp³-hybridized carbons (Fsp3) is 0.261. The van der Waals surface area contributed by atoms with Crippen LogP contribution in [0.5, 0.6) is 0 Å². The zero-order valence-electron chi connectivity index (χ0n) is 16.6. The van der Waals surface area contributed by atoms with Crippen molar-refractivity contribution in [3.63, 3.8) is 0 Å². The van der Waals surface area contributed by atoms with Crippen LogP contribution in [0.15, 0.2) is 54.6 Å². The molecule has 2 aromatic carbocycles. The Morgan fingerprint density at radius 1 is 1.03 bits per heavy atom. The lowest BCUT2D eigenvalue weighted by atomic mass is 9.78. The van der Waals surface area contributed by atoms with E-state index in [1.54, 1.807) is 42.5 Å². The Hall–Kier alpha value is -2.34. The number of rotatable bonds is 4. The minimum absolute atomic E-state index is 0.0420. The number of allylic oxidation sites excluding steroid dienone is 2. The van der Waals surface area contributed by atoms with Gasteiger partial charge in [0.25, 0.3) is 17.7 Å². The molecule has 2 aromatic rings. The molecule has 5 nitrogen and oxygen atoms in total. The van der Waals surface area contributed by atoms with Gasteiger partial charge in [0.1, 0.15) is 0 Å². The summed E-state index contributed by atoms with van der Waals surface area (Å²) in [6.45, 7) is 1.86. The number of fused-ring (bicyclic) bond motifs is 1. The predicted octanol–water partition coefficient (Wildman–Crippen LogP) is 5.40. The van der Waals surface area contributed by atoms with Crippen molar-refractivity contribution < 1.29 is 14.4 Å². The zero-order chi connectivity index (χ0) is 22.3. The third-order valence-corrected chi connectivity index (χ3v) is 6.81. The van der Waals surface area contributed by atoms with Crippen LogP contribution in [0.2, 0.25) is 15.1 Å². The van der Waals surface area contributed by atoms with Crippen LogP contribution >= 0.6 is 34.8 Å². The standard InChI is InChI=1S/C23H19Cl3N2O3/c1-13-5-4-7-16-20(13)23(31)28(22(16)30)27(12-14-9-10-18(25)19(26)11-14)21(29)15-6-2-3-8-17(15)24/h2-6,8-11,13,16,20H,7,12H2,1H3/t13-,16-,20-/m1/s1. The molecule has 1 aliphatic heterocycles. The Morgan fingerprint density at radius 2 is 1.77 bits per heavy atom. The van der Waals surface area contributed by atoms with Crippen LogP contribution in [0.4, 0.5) is 0 Å². The number of benzene rings is 2. The Labute approximate surface area is 195 Å². The van der Waals surface area contributed by atoms with Crippen molar-refractivity contribution in [3.8, 4) is 0 Å². The number of hydrogen-bond acceptors (Lipinski definition) is 3. The van der Waals surface area contributed by atoms with Crippen LogP contribution in [0.1, 0.15) is 29.3 Å². The minimum Gasteiger partial charge on any atom is -0.272 e. The van der Waals surface area contributed by atoms with Gasteiger partial charge < -0.3 is 0 Å². The molecule has 2 aliphatic rings. The maximum Gasteiger partial charge on any atom is 0.274 e. The highest BCUT2D eigenvalue weighted by Crippen LogP contribution is 2.40. The quantitative estimate of drug-likeness (QED) is 0.437. The van der Waals surface area contributed by atoms with Crippen LogP contribution < -0.4 is 0 Å². The third kappa shape index (κ3) is 3.98. The predicted molar refractivity (Wildman–Crippen MR) is 120 cm³/mol. The van der Waals surface area contributed by atoms with Gasteiger partial charge in [-0.2, -0.15) is 5.01 Å². The maximum atomic E-state index is 13.5. The van der Waals surface area contributed by atoms with E-state index < -0.39 is 17.7 Å². The van der Waals surface area contributed by atoms with Crippen LogP contribution in [-0.4, -0.2) is 27.7 Å². The largest absolute Gasteiger partial charge is 0.274 e. The molecule has 160 valence electrons. The van der Waals surface area contributed by atoms with Crippen LogP contribution in [-0.2, 0) is 16.1 Å². The zero-order valence-corrected chi connectivity index (χ0v) is 18.9. The molecular formula is C23H19Cl3N2O3. The molecule has 1 saturated heterocycles. The lowest BCUT2D eigenvalue weighted by molar-refractivity contribution is -0.155. The highest BCUT2D eigenvalue weighted by Gasteiger charge is 2.53. The summed E-state index contributed by atoms with van der Waals surface area (Å²) in [5.74, 6) is -2.38. The summed E-state index contributed by atoms with van der Waals surface area (Å²) in [4.78, 5) is 40.1. The average Bonchev–Trinajstić information content (AvgIpc) is 3.00. The van der Waals surface area contributed by atoms with Gasteiger partial charge in [-0.25, -0.2) is 5.01 Å². The Bertz CT molecular complexity index is 1100. The number of amides is 3. The average molecular weight is 478 g/mol. The van der Waals surface area contributed by atoms with Gasteiger partial charge in [0.15, 0.2) is 0 Å².